The number of hydrogen-bond donors (Lipinski definition) is 2. The molecule has 2 rings (SSSR count). The van der Waals surface area contributed by atoms with Crippen LogP contribution in [0.1, 0.15) is 25.7 Å². The van der Waals surface area contributed by atoms with Gasteiger partial charge < -0.3 is 16.9 Å². The quantitative estimate of drug-likeness (QED) is 0.659. The average molecular weight is 424 g/mol. The fourth-order valence-corrected chi connectivity index (χ4v) is 2.74. The van der Waals surface area contributed by atoms with Crippen LogP contribution in [0.5, 0.6) is 0 Å². The Labute approximate surface area is 102 Å². The Morgan fingerprint density at radius 2 is 1.93 bits per heavy atom. The van der Waals surface area contributed by atoms with Crippen molar-refractivity contribution >= 4 is 18.8 Å². The molecular weight excluding hydrogens is 406 g/mol. The molecule has 0 radical (unpaired) electrons. The van der Waals surface area contributed by atoms with Crippen LogP contribution >= 0.6 is 18.8 Å². The molecule has 0 saturated heterocycles. The average Bonchev–Trinajstić information content (AvgIpc) is 2.65. The Bertz CT molecular complexity index is 175. The van der Waals surface area contributed by atoms with Crippen molar-refractivity contribution in [2.75, 3.05) is 6.54 Å². The SMILES string of the molecule is NCC1(N)C[C@@H]2CC[C@H]1C2.O.[Cl][Pt][Cl]. The minimum absolute atomic E-state index is 0. The number of fused-ring (bicyclic) bond motifs is 2. The third kappa shape index (κ3) is 3.33. The van der Waals surface area contributed by atoms with Crippen molar-refractivity contribution in [3.8, 4) is 0 Å². The summed E-state index contributed by atoms with van der Waals surface area (Å²) in [5.41, 5.74) is 11.8. The summed E-state index contributed by atoms with van der Waals surface area (Å²) < 4.78 is 0. The molecule has 6 heteroatoms. The van der Waals surface area contributed by atoms with Crippen molar-refractivity contribution in [2.24, 2.45) is 23.3 Å². The molecule has 3 nitrogen and oxygen atoms in total. The summed E-state index contributed by atoms with van der Waals surface area (Å²) in [6.45, 7) is 0.689. The predicted octanol–water partition coefficient (Wildman–Crippen LogP) is 1.01. The van der Waals surface area contributed by atoms with Gasteiger partial charge in [0.15, 0.2) is 0 Å². The molecule has 0 aromatic carbocycles. The molecule has 2 aliphatic carbocycles. The maximum atomic E-state index is 6.12. The molecule has 0 aromatic rings. The van der Waals surface area contributed by atoms with Gasteiger partial charge in [0.2, 0.25) is 0 Å². The summed E-state index contributed by atoms with van der Waals surface area (Å²) in [5.74, 6) is 1.67. The molecule has 14 heavy (non-hydrogen) atoms. The standard InChI is InChI=1S/C8H16N2.2ClH.H2O.Pt/c9-5-8(10)4-6-1-2-7(8)3-6;;;;/h6-7H,1-5,9-10H2;2*1H;1H2;/q;;;;+2/p-2/t6-,7+,8?;;;;/m1..../s1. The molecule has 1 unspecified atom stereocenters. The maximum absolute atomic E-state index is 6.12. The van der Waals surface area contributed by atoms with Gasteiger partial charge in [0.05, 0.1) is 0 Å². The third-order valence-electron chi connectivity index (χ3n) is 3.40. The second-order valence-electron chi connectivity index (χ2n) is 4.06. The van der Waals surface area contributed by atoms with E-state index in [1.54, 1.807) is 0 Å². The second kappa shape index (κ2) is 6.67. The van der Waals surface area contributed by atoms with Crippen molar-refractivity contribution in [3.05, 3.63) is 0 Å². The third-order valence-corrected chi connectivity index (χ3v) is 3.40. The summed E-state index contributed by atoms with van der Waals surface area (Å²) in [6, 6.07) is 0. The molecule has 0 heterocycles. The monoisotopic (exact) mass is 423 g/mol. The van der Waals surface area contributed by atoms with Crippen LogP contribution in [-0.4, -0.2) is 17.6 Å². The Morgan fingerprint density at radius 1 is 1.36 bits per heavy atom. The molecule has 0 spiro atoms. The zero-order chi connectivity index (χ0) is 9.90. The summed E-state index contributed by atoms with van der Waals surface area (Å²) >= 11 is -0.472. The molecule has 0 aliphatic heterocycles. The Kier molecular flexibility index (Phi) is 7.22. The van der Waals surface area contributed by atoms with E-state index in [4.69, 9.17) is 30.3 Å². The van der Waals surface area contributed by atoms with Gasteiger partial charge in [-0.15, -0.1) is 0 Å². The van der Waals surface area contributed by atoms with E-state index in [2.05, 4.69) is 0 Å². The second-order valence-corrected chi connectivity index (χ2v) is 7.35. The summed E-state index contributed by atoms with van der Waals surface area (Å²) in [6.07, 6.45) is 5.28. The van der Waals surface area contributed by atoms with Gasteiger partial charge in [-0.3, -0.25) is 0 Å². The predicted molar refractivity (Wildman–Crippen MR) is 56.7 cm³/mol. The summed E-state index contributed by atoms with van der Waals surface area (Å²) in [5, 5.41) is 0. The van der Waals surface area contributed by atoms with Crippen LogP contribution in [-0.2, 0) is 16.5 Å². The number of rotatable bonds is 1. The molecule has 2 fully saturated rings. The van der Waals surface area contributed by atoms with Crippen LogP contribution in [0.25, 0.3) is 0 Å². The number of hydrogen-bond acceptors (Lipinski definition) is 2. The van der Waals surface area contributed by atoms with E-state index in [-0.39, 0.29) is 11.0 Å². The Hall–Kier alpha value is 1.15. The van der Waals surface area contributed by atoms with Crippen molar-refractivity contribution in [2.45, 2.75) is 31.2 Å². The first kappa shape index (κ1) is 15.1. The van der Waals surface area contributed by atoms with Gasteiger partial charge in [-0.25, -0.2) is 0 Å². The Morgan fingerprint density at radius 3 is 2.14 bits per heavy atom. The fourth-order valence-electron chi connectivity index (χ4n) is 2.74. The molecule has 90 valence electrons. The van der Waals surface area contributed by atoms with Gasteiger partial charge in [-0.05, 0) is 31.1 Å². The number of nitrogens with two attached hydrogens (primary N) is 2. The number of halogens is 2. The fraction of sp³-hybridized carbons (Fsp3) is 1.00. The molecule has 2 aliphatic rings. The van der Waals surface area contributed by atoms with Crippen LogP contribution in [0.3, 0.4) is 0 Å². The zero-order valence-corrected chi connectivity index (χ0v) is 11.7. The van der Waals surface area contributed by atoms with Gasteiger partial charge >= 0.3 is 35.3 Å². The molecule has 0 aromatic heterocycles. The van der Waals surface area contributed by atoms with Crippen molar-refractivity contribution < 1.29 is 22.0 Å². The van der Waals surface area contributed by atoms with E-state index in [0.717, 1.165) is 11.8 Å². The molecule has 2 saturated carbocycles. The first-order chi connectivity index (χ1) is 6.16. The molecular formula is C8H18Cl2N2OPt. The van der Waals surface area contributed by atoms with Crippen molar-refractivity contribution in [1.29, 1.82) is 0 Å². The molecule has 2 bridgehead atoms. The van der Waals surface area contributed by atoms with Gasteiger partial charge in [-0.1, -0.05) is 6.42 Å². The summed E-state index contributed by atoms with van der Waals surface area (Å²) in [4.78, 5) is 0. The van der Waals surface area contributed by atoms with Crippen molar-refractivity contribution in [3.63, 3.8) is 0 Å². The first-order valence-electron chi connectivity index (χ1n) is 4.47. The topological polar surface area (TPSA) is 83.5 Å². The van der Waals surface area contributed by atoms with E-state index < -0.39 is 16.5 Å². The van der Waals surface area contributed by atoms with E-state index in [0.29, 0.717) is 6.54 Å². The van der Waals surface area contributed by atoms with E-state index >= 15 is 0 Å². The molecule has 6 N–H and O–H groups in total. The van der Waals surface area contributed by atoms with Crippen LogP contribution in [0.4, 0.5) is 0 Å². The van der Waals surface area contributed by atoms with Crippen LogP contribution in [0.15, 0.2) is 0 Å². The van der Waals surface area contributed by atoms with E-state index in [1.807, 2.05) is 0 Å². The molecule has 0 amide bonds. The van der Waals surface area contributed by atoms with Gasteiger partial charge in [0.1, 0.15) is 0 Å². The normalized spacial score (nSPS) is 38.9. The minimum atomic E-state index is -0.472. The van der Waals surface area contributed by atoms with Gasteiger partial charge in [0.25, 0.3) is 0 Å². The van der Waals surface area contributed by atoms with Gasteiger partial charge in [0, 0.05) is 12.1 Å². The molecule has 3 atom stereocenters. The Balaban J connectivity index is 0.000000381. The van der Waals surface area contributed by atoms with E-state index in [1.165, 1.54) is 25.7 Å². The van der Waals surface area contributed by atoms with Crippen molar-refractivity contribution in [1.82, 2.24) is 0 Å². The van der Waals surface area contributed by atoms with E-state index in [9.17, 15) is 0 Å². The summed E-state index contributed by atoms with van der Waals surface area (Å²) in [7, 11) is 9.75. The van der Waals surface area contributed by atoms with Crippen LogP contribution < -0.4 is 11.5 Å². The van der Waals surface area contributed by atoms with Crippen LogP contribution in [0.2, 0.25) is 0 Å². The van der Waals surface area contributed by atoms with Gasteiger partial charge in [-0.2, -0.15) is 0 Å². The van der Waals surface area contributed by atoms with Crippen LogP contribution in [0, 0.1) is 11.8 Å². The zero-order valence-electron chi connectivity index (χ0n) is 7.92. The first-order valence-corrected chi connectivity index (χ1v) is 10.1.